The van der Waals surface area contributed by atoms with E-state index in [0.717, 1.165) is 6.07 Å². The Morgan fingerprint density at radius 3 is 2.56 bits per heavy atom. The van der Waals surface area contributed by atoms with E-state index in [1.165, 1.54) is 0 Å². The first kappa shape index (κ1) is 14.0. The zero-order valence-electron chi connectivity index (χ0n) is 8.79. The normalized spacial score (nSPS) is 11.3. The molecule has 18 heavy (non-hydrogen) atoms. The van der Waals surface area contributed by atoms with Crippen molar-refractivity contribution in [3.05, 3.63) is 17.3 Å². The number of rotatable bonds is 4. The molecule has 0 fully saturated rings. The van der Waals surface area contributed by atoms with Gasteiger partial charge in [-0.05, 0) is 11.6 Å². The lowest BCUT2D eigenvalue weighted by Gasteiger charge is -2.12. The number of aliphatic carboxylic acids is 1. The van der Waals surface area contributed by atoms with Crippen LogP contribution in [0.25, 0.3) is 0 Å². The van der Waals surface area contributed by atoms with E-state index in [1.807, 2.05) is 0 Å². The van der Waals surface area contributed by atoms with E-state index in [9.17, 15) is 22.4 Å². The smallest absolute Gasteiger partial charge is 0.481 e. The number of carbonyl (C=O) groups is 1. The molecule has 0 aliphatic rings. The van der Waals surface area contributed by atoms with E-state index in [1.54, 1.807) is 0 Å². The highest BCUT2D eigenvalue weighted by atomic mass is 19.4. The molecule has 100 valence electrons. The first-order valence-electron chi connectivity index (χ1n) is 4.54. The first-order valence-corrected chi connectivity index (χ1v) is 4.54. The average molecular weight is 268 g/mol. The first-order chi connectivity index (χ1) is 8.23. The van der Waals surface area contributed by atoms with E-state index in [2.05, 4.69) is 9.72 Å². The molecule has 3 N–H and O–H groups in total. The van der Waals surface area contributed by atoms with Crippen LogP contribution in [-0.2, 0) is 17.9 Å². The molecule has 1 aromatic heterocycles. The minimum atomic E-state index is -5.01. The number of carboxylic acid groups (broad SMARTS) is 1. The Bertz CT molecular complexity index is 462. The molecule has 0 spiro atoms. The van der Waals surface area contributed by atoms with Crippen LogP contribution in [0.3, 0.4) is 0 Å². The molecule has 1 aromatic rings. The number of aromatic nitrogens is 1. The molecule has 0 radical (unpaired) electrons. The van der Waals surface area contributed by atoms with Crippen molar-refractivity contribution in [1.82, 2.24) is 4.98 Å². The van der Waals surface area contributed by atoms with Gasteiger partial charge in [-0.3, -0.25) is 4.79 Å². The van der Waals surface area contributed by atoms with Crippen LogP contribution in [0, 0.1) is 0 Å². The maximum Gasteiger partial charge on any atom is 0.574 e. The van der Waals surface area contributed by atoms with Crippen LogP contribution in [0.5, 0.6) is 5.88 Å². The van der Waals surface area contributed by atoms with Gasteiger partial charge in [0, 0.05) is 0 Å². The lowest BCUT2D eigenvalue weighted by Crippen LogP contribution is -2.20. The number of nitrogens with two attached hydrogens (primary N) is 1. The fourth-order valence-corrected chi connectivity index (χ4v) is 1.21. The van der Waals surface area contributed by atoms with Crippen LogP contribution < -0.4 is 10.5 Å². The second kappa shape index (κ2) is 5.07. The number of ether oxygens (including phenoxy) is 1. The van der Waals surface area contributed by atoms with Crippen molar-refractivity contribution in [2.45, 2.75) is 19.5 Å². The van der Waals surface area contributed by atoms with Gasteiger partial charge in [0.15, 0.2) is 0 Å². The topological polar surface area (TPSA) is 85.4 Å². The minimum Gasteiger partial charge on any atom is -0.481 e. The molecule has 1 heterocycles. The number of nitrogens with zero attached hydrogens (tertiary/aromatic N) is 1. The standard InChI is InChI=1S/C9H8F4N2O3/c10-3-6-4(2-7(16)17)1-5(14)8(15-6)18-9(11,12)13/h1H,2-3,14H2,(H,16,17). The highest BCUT2D eigenvalue weighted by Gasteiger charge is 2.33. The molecule has 5 nitrogen and oxygen atoms in total. The third-order valence-electron chi connectivity index (χ3n) is 1.86. The van der Waals surface area contributed by atoms with E-state index < -0.39 is 42.7 Å². The summed E-state index contributed by atoms with van der Waals surface area (Å²) >= 11 is 0. The zero-order valence-corrected chi connectivity index (χ0v) is 8.79. The number of pyridine rings is 1. The summed E-state index contributed by atoms with van der Waals surface area (Å²) < 4.78 is 51.9. The molecule has 0 saturated carbocycles. The summed E-state index contributed by atoms with van der Waals surface area (Å²) in [7, 11) is 0. The lowest BCUT2D eigenvalue weighted by atomic mass is 10.1. The van der Waals surface area contributed by atoms with Crippen LogP contribution in [0.1, 0.15) is 11.3 Å². The number of alkyl halides is 4. The van der Waals surface area contributed by atoms with E-state index in [-0.39, 0.29) is 5.56 Å². The van der Waals surface area contributed by atoms with Crippen molar-refractivity contribution in [3.8, 4) is 5.88 Å². The Hall–Kier alpha value is -2.06. The van der Waals surface area contributed by atoms with Crippen LogP contribution in [-0.4, -0.2) is 22.4 Å². The van der Waals surface area contributed by atoms with Gasteiger partial charge in [-0.1, -0.05) is 0 Å². The summed E-state index contributed by atoms with van der Waals surface area (Å²) in [5.41, 5.74) is 4.16. The summed E-state index contributed by atoms with van der Waals surface area (Å²) in [6.45, 7) is -1.23. The molecule has 0 aliphatic carbocycles. The Balaban J connectivity index is 3.13. The minimum absolute atomic E-state index is 0.1000. The van der Waals surface area contributed by atoms with Crippen LogP contribution in [0.4, 0.5) is 23.2 Å². The van der Waals surface area contributed by atoms with Gasteiger partial charge < -0.3 is 15.6 Å². The van der Waals surface area contributed by atoms with Gasteiger partial charge in [0.25, 0.3) is 0 Å². The van der Waals surface area contributed by atoms with Crippen molar-refractivity contribution < 1.29 is 32.2 Å². The summed E-state index contributed by atoms with van der Waals surface area (Å²) in [4.78, 5) is 13.7. The maximum absolute atomic E-state index is 12.5. The Morgan fingerprint density at radius 1 is 1.50 bits per heavy atom. The van der Waals surface area contributed by atoms with Crippen LogP contribution in [0.15, 0.2) is 6.07 Å². The third kappa shape index (κ3) is 3.75. The average Bonchev–Trinajstić information content (AvgIpc) is 2.19. The maximum atomic E-state index is 12.5. The highest BCUT2D eigenvalue weighted by Crippen LogP contribution is 2.28. The van der Waals surface area contributed by atoms with E-state index in [4.69, 9.17) is 10.8 Å². The fourth-order valence-electron chi connectivity index (χ4n) is 1.21. The van der Waals surface area contributed by atoms with Gasteiger partial charge in [-0.25, -0.2) is 9.37 Å². The summed E-state index contributed by atoms with van der Waals surface area (Å²) in [6, 6.07) is 0.900. The van der Waals surface area contributed by atoms with Gasteiger partial charge >= 0.3 is 12.3 Å². The number of anilines is 1. The number of hydrogen-bond acceptors (Lipinski definition) is 4. The Morgan fingerprint density at radius 2 is 2.11 bits per heavy atom. The van der Waals surface area contributed by atoms with Gasteiger partial charge in [-0.2, -0.15) is 0 Å². The molecular weight excluding hydrogens is 260 g/mol. The van der Waals surface area contributed by atoms with Crippen molar-refractivity contribution in [2.75, 3.05) is 5.73 Å². The summed E-state index contributed by atoms with van der Waals surface area (Å²) in [5.74, 6) is -2.28. The lowest BCUT2D eigenvalue weighted by molar-refractivity contribution is -0.275. The summed E-state index contributed by atoms with van der Waals surface area (Å²) in [5, 5.41) is 8.53. The van der Waals surface area contributed by atoms with Gasteiger partial charge in [0.1, 0.15) is 6.67 Å². The molecule has 0 saturated heterocycles. The molecule has 0 bridgehead atoms. The SMILES string of the molecule is Nc1cc(CC(=O)O)c(CF)nc1OC(F)(F)F. The molecule has 0 amide bonds. The molecule has 0 atom stereocenters. The molecule has 1 rings (SSSR count). The van der Waals surface area contributed by atoms with Gasteiger partial charge in [0.05, 0.1) is 17.8 Å². The fraction of sp³-hybridized carbons (Fsp3) is 0.333. The second-order valence-electron chi connectivity index (χ2n) is 3.24. The monoisotopic (exact) mass is 268 g/mol. The summed E-state index contributed by atoms with van der Waals surface area (Å²) in [6.07, 6.45) is -5.61. The molecule has 9 heteroatoms. The zero-order chi connectivity index (χ0) is 13.9. The predicted molar refractivity (Wildman–Crippen MR) is 51.5 cm³/mol. The number of hydrogen-bond donors (Lipinski definition) is 2. The number of nitrogen functional groups attached to an aromatic ring is 1. The van der Waals surface area contributed by atoms with Gasteiger partial charge in [0.2, 0.25) is 5.88 Å². The van der Waals surface area contributed by atoms with Crippen molar-refractivity contribution >= 4 is 11.7 Å². The Labute approximate surface area is 98.2 Å². The molecule has 0 aliphatic heterocycles. The second-order valence-corrected chi connectivity index (χ2v) is 3.24. The van der Waals surface area contributed by atoms with Crippen molar-refractivity contribution in [2.24, 2.45) is 0 Å². The van der Waals surface area contributed by atoms with E-state index >= 15 is 0 Å². The highest BCUT2D eigenvalue weighted by molar-refractivity contribution is 5.71. The largest absolute Gasteiger partial charge is 0.574 e. The van der Waals surface area contributed by atoms with Crippen LogP contribution >= 0.6 is 0 Å². The van der Waals surface area contributed by atoms with Crippen molar-refractivity contribution in [1.29, 1.82) is 0 Å². The van der Waals surface area contributed by atoms with Gasteiger partial charge in [-0.15, -0.1) is 13.2 Å². The quantitative estimate of drug-likeness (QED) is 0.811. The molecule has 0 unspecified atom stereocenters. The molecular formula is C9H8F4N2O3. The van der Waals surface area contributed by atoms with Crippen molar-refractivity contribution in [3.63, 3.8) is 0 Å². The predicted octanol–water partition coefficient (Wildman–Crippen LogP) is 1.66. The molecule has 0 aromatic carbocycles. The third-order valence-corrected chi connectivity index (χ3v) is 1.86. The number of carboxylic acids is 1. The van der Waals surface area contributed by atoms with E-state index in [0.29, 0.717) is 0 Å². The number of halogens is 4. The Kier molecular flexibility index (Phi) is 3.94. The van der Waals surface area contributed by atoms with Crippen LogP contribution in [0.2, 0.25) is 0 Å².